The molecule has 6 heteroatoms. The summed E-state index contributed by atoms with van der Waals surface area (Å²) in [6.07, 6.45) is -4.30. The molecule has 0 saturated heterocycles. The van der Waals surface area contributed by atoms with Gasteiger partial charge in [0.1, 0.15) is 0 Å². The Bertz CT molecular complexity index is 129. The van der Waals surface area contributed by atoms with E-state index in [1.54, 1.807) is 0 Å². The van der Waals surface area contributed by atoms with Gasteiger partial charge in [-0.3, -0.25) is 4.74 Å². The highest BCUT2D eigenvalue weighted by atomic mass is 35.5. The highest BCUT2D eigenvalue weighted by Gasteiger charge is 2.28. The fraction of sp³-hybridized carbons (Fsp3) is 1.00. The summed E-state index contributed by atoms with van der Waals surface area (Å²) in [6.45, 7) is 3.36. The minimum absolute atomic E-state index is 0. The van der Waals surface area contributed by atoms with Crippen LogP contribution in [0, 0.1) is 5.92 Å². The van der Waals surface area contributed by atoms with E-state index >= 15 is 0 Å². The number of halogens is 4. The zero-order valence-electron chi connectivity index (χ0n) is 7.60. The van der Waals surface area contributed by atoms with Gasteiger partial charge < -0.3 is 5.73 Å². The van der Waals surface area contributed by atoms with Crippen molar-refractivity contribution in [3.8, 4) is 0 Å². The molecule has 0 aromatic rings. The van der Waals surface area contributed by atoms with Gasteiger partial charge in [0.05, 0.1) is 6.61 Å². The van der Waals surface area contributed by atoms with Gasteiger partial charge in [0.15, 0.2) is 0 Å². The maximum Gasteiger partial charge on any atom is 0.522 e. The Morgan fingerprint density at radius 1 is 1.31 bits per heavy atom. The van der Waals surface area contributed by atoms with Crippen LogP contribution in [-0.4, -0.2) is 19.0 Å². The van der Waals surface area contributed by atoms with Crippen LogP contribution >= 0.6 is 12.4 Å². The highest BCUT2D eigenvalue weighted by molar-refractivity contribution is 5.85. The van der Waals surface area contributed by atoms with Crippen molar-refractivity contribution in [2.24, 2.45) is 11.7 Å². The van der Waals surface area contributed by atoms with Crippen LogP contribution < -0.4 is 5.73 Å². The van der Waals surface area contributed by atoms with Crippen molar-refractivity contribution in [3.05, 3.63) is 0 Å². The Balaban J connectivity index is 0. The molecule has 0 aliphatic carbocycles. The average molecular weight is 222 g/mol. The summed E-state index contributed by atoms with van der Waals surface area (Å²) in [7, 11) is 0. The van der Waals surface area contributed by atoms with Crippen molar-refractivity contribution in [1.82, 2.24) is 0 Å². The van der Waals surface area contributed by atoms with Crippen molar-refractivity contribution in [1.29, 1.82) is 0 Å². The molecule has 0 amide bonds. The van der Waals surface area contributed by atoms with Crippen molar-refractivity contribution in [2.45, 2.75) is 32.7 Å². The van der Waals surface area contributed by atoms with Crippen molar-refractivity contribution < 1.29 is 17.9 Å². The molecule has 0 aliphatic rings. The van der Waals surface area contributed by atoms with E-state index in [4.69, 9.17) is 5.73 Å². The molecule has 13 heavy (non-hydrogen) atoms. The molecule has 0 aromatic heterocycles. The van der Waals surface area contributed by atoms with Crippen LogP contribution in [0.3, 0.4) is 0 Å². The Labute approximate surface area is 82.0 Å². The van der Waals surface area contributed by atoms with Crippen LogP contribution in [0.25, 0.3) is 0 Å². The maximum absolute atomic E-state index is 11.4. The highest BCUT2D eigenvalue weighted by Crippen LogP contribution is 2.16. The Kier molecular flexibility index (Phi) is 7.68. The Morgan fingerprint density at radius 3 is 2.08 bits per heavy atom. The molecule has 82 valence electrons. The summed E-state index contributed by atoms with van der Waals surface area (Å²) in [5.74, 6) is 0.182. The molecule has 0 saturated carbocycles. The van der Waals surface area contributed by atoms with Crippen molar-refractivity contribution in [3.63, 3.8) is 0 Å². The zero-order valence-corrected chi connectivity index (χ0v) is 8.41. The second kappa shape index (κ2) is 6.45. The first-order valence-electron chi connectivity index (χ1n) is 3.79. The summed E-state index contributed by atoms with van der Waals surface area (Å²) in [6, 6.07) is -0.229. The van der Waals surface area contributed by atoms with Gasteiger partial charge in [-0.15, -0.1) is 25.6 Å². The van der Waals surface area contributed by atoms with Gasteiger partial charge in [0.25, 0.3) is 0 Å². The fourth-order valence-electron chi connectivity index (χ4n) is 0.644. The molecular formula is C7H15ClF3NO. The van der Waals surface area contributed by atoms with Crippen LogP contribution in [0.1, 0.15) is 20.3 Å². The van der Waals surface area contributed by atoms with Gasteiger partial charge >= 0.3 is 6.36 Å². The number of hydrogen-bond donors (Lipinski definition) is 1. The van der Waals surface area contributed by atoms with Crippen molar-refractivity contribution >= 4 is 12.4 Å². The summed E-state index contributed by atoms with van der Waals surface area (Å²) < 4.78 is 37.9. The molecule has 1 atom stereocenters. The third-order valence-electron chi connectivity index (χ3n) is 1.57. The molecule has 2 nitrogen and oxygen atoms in total. The van der Waals surface area contributed by atoms with Crippen LogP contribution in [-0.2, 0) is 4.74 Å². The first-order valence-corrected chi connectivity index (χ1v) is 3.79. The molecule has 0 bridgehead atoms. The number of alkyl halides is 3. The Morgan fingerprint density at radius 2 is 1.77 bits per heavy atom. The lowest BCUT2D eigenvalue weighted by Crippen LogP contribution is -2.29. The molecule has 0 fully saturated rings. The van der Waals surface area contributed by atoms with E-state index in [2.05, 4.69) is 4.74 Å². The summed E-state index contributed by atoms with van der Waals surface area (Å²) in [5.41, 5.74) is 5.50. The van der Waals surface area contributed by atoms with Gasteiger partial charge in [-0.25, -0.2) is 0 Å². The van der Waals surface area contributed by atoms with Crippen LogP contribution in [0.4, 0.5) is 13.2 Å². The SMILES string of the molecule is CC(C)C(N)CCOC(F)(F)F.Cl. The standard InChI is InChI=1S/C7H14F3NO.ClH/c1-5(2)6(11)3-4-12-7(8,9)10;/h5-6H,3-4,11H2,1-2H3;1H. The van der Waals surface area contributed by atoms with E-state index in [1.165, 1.54) is 0 Å². The van der Waals surface area contributed by atoms with E-state index in [-0.39, 0.29) is 37.4 Å². The first kappa shape index (κ1) is 15.5. The second-order valence-corrected chi connectivity index (χ2v) is 2.99. The minimum Gasteiger partial charge on any atom is -0.327 e. The molecule has 0 aliphatic heterocycles. The number of hydrogen-bond acceptors (Lipinski definition) is 2. The van der Waals surface area contributed by atoms with Crippen LogP contribution in [0.5, 0.6) is 0 Å². The number of ether oxygens (including phenoxy) is 1. The maximum atomic E-state index is 11.4. The van der Waals surface area contributed by atoms with Gasteiger partial charge in [-0.2, -0.15) is 0 Å². The van der Waals surface area contributed by atoms with Crippen LogP contribution in [0.2, 0.25) is 0 Å². The zero-order chi connectivity index (χ0) is 9.78. The third kappa shape index (κ3) is 9.92. The van der Waals surface area contributed by atoms with Crippen molar-refractivity contribution in [2.75, 3.05) is 6.61 Å². The summed E-state index contributed by atoms with van der Waals surface area (Å²) in [4.78, 5) is 0. The molecule has 0 spiro atoms. The Hall–Kier alpha value is -0.0000000000000000555. The molecule has 0 rings (SSSR count). The molecule has 0 aromatic carbocycles. The first-order chi connectivity index (χ1) is 5.33. The molecule has 0 heterocycles. The topological polar surface area (TPSA) is 35.2 Å². The molecule has 1 unspecified atom stereocenters. The predicted octanol–water partition coefficient (Wildman–Crippen LogP) is 2.32. The quantitative estimate of drug-likeness (QED) is 0.791. The smallest absolute Gasteiger partial charge is 0.327 e. The summed E-state index contributed by atoms with van der Waals surface area (Å²) in [5, 5.41) is 0. The van der Waals surface area contributed by atoms with E-state index in [0.29, 0.717) is 0 Å². The van der Waals surface area contributed by atoms with Gasteiger partial charge in [-0.1, -0.05) is 13.8 Å². The lowest BCUT2D eigenvalue weighted by atomic mass is 10.0. The van der Waals surface area contributed by atoms with E-state index < -0.39 is 6.36 Å². The largest absolute Gasteiger partial charge is 0.522 e. The fourth-order valence-corrected chi connectivity index (χ4v) is 0.644. The monoisotopic (exact) mass is 221 g/mol. The van der Waals surface area contributed by atoms with Gasteiger partial charge in [-0.05, 0) is 12.3 Å². The van der Waals surface area contributed by atoms with Gasteiger partial charge in [0, 0.05) is 6.04 Å². The molecular weight excluding hydrogens is 207 g/mol. The lowest BCUT2D eigenvalue weighted by molar-refractivity contribution is -0.325. The second-order valence-electron chi connectivity index (χ2n) is 2.99. The van der Waals surface area contributed by atoms with Gasteiger partial charge in [0.2, 0.25) is 0 Å². The number of nitrogens with two attached hydrogens (primary N) is 1. The minimum atomic E-state index is -4.53. The normalized spacial score (nSPS) is 14.1. The summed E-state index contributed by atoms with van der Waals surface area (Å²) >= 11 is 0. The van der Waals surface area contributed by atoms with Crippen LogP contribution in [0.15, 0.2) is 0 Å². The molecule has 2 N–H and O–H groups in total. The average Bonchev–Trinajstić information content (AvgIpc) is 1.84. The van der Waals surface area contributed by atoms with E-state index in [1.807, 2.05) is 13.8 Å². The van der Waals surface area contributed by atoms with E-state index in [0.717, 1.165) is 0 Å². The number of rotatable bonds is 4. The lowest BCUT2D eigenvalue weighted by Gasteiger charge is -2.15. The predicted molar refractivity (Wildman–Crippen MR) is 46.7 cm³/mol. The molecule has 0 radical (unpaired) electrons. The third-order valence-corrected chi connectivity index (χ3v) is 1.57. The van der Waals surface area contributed by atoms with E-state index in [9.17, 15) is 13.2 Å².